The van der Waals surface area contributed by atoms with Crippen molar-refractivity contribution in [2.45, 2.75) is 11.8 Å². The second-order valence-corrected chi connectivity index (χ2v) is 7.31. The van der Waals surface area contributed by atoms with E-state index in [1.165, 1.54) is 54.2 Å². The van der Waals surface area contributed by atoms with Crippen LogP contribution in [0.4, 0.5) is 15.8 Å². The van der Waals surface area contributed by atoms with Crippen molar-refractivity contribution in [2.75, 3.05) is 11.1 Å². The van der Waals surface area contributed by atoms with Crippen molar-refractivity contribution in [3.63, 3.8) is 0 Å². The number of non-ortho nitro benzene ring substituents is 1. The SMILES string of the molecule is Cn1c(COc2ccc(F)c(Cl)c2)nnc1SCC(=O)Nc1ccc([N+](=O)[O-])cc1. The van der Waals surface area contributed by atoms with E-state index in [1.54, 1.807) is 11.6 Å². The zero-order valence-corrected chi connectivity index (χ0v) is 17.1. The smallest absolute Gasteiger partial charge is 0.269 e. The van der Waals surface area contributed by atoms with E-state index < -0.39 is 10.7 Å². The molecule has 0 unspecified atom stereocenters. The molecule has 1 N–H and O–H groups in total. The summed E-state index contributed by atoms with van der Waals surface area (Å²) in [7, 11) is 1.73. The number of aromatic nitrogens is 3. The van der Waals surface area contributed by atoms with Gasteiger partial charge in [0, 0.05) is 30.9 Å². The molecule has 12 heteroatoms. The van der Waals surface area contributed by atoms with Gasteiger partial charge in [0.15, 0.2) is 11.0 Å². The van der Waals surface area contributed by atoms with Crippen LogP contribution in [0.1, 0.15) is 5.82 Å². The van der Waals surface area contributed by atoms with E-state index in [0.717, 1.165) is 0 Å². The minimum atomic E-state index is -0.534. The maximum atomic E-state index is 13.2. The van der Waals surface area contributed by atoms with Gasteiger partial charge in [-0.15, -0.1) is 10.2 Å². The predicted molar refractivity (Wildman–Crippen MR) is 109 cm³/mol. The molecule has 0 aliphatic heterocycles. The van der Waals surface area contributed by atoms with Gasteiger partial charge in [0.1, 0.15) is 18.2 Å². The highest BCUT2D eigenvalue weighted by molar-refractivity contribution is 7.99. The average molecular weight is 452 g/mol. The van der Waals surface area contributed by atoms with Crippen molar-refractivity contribution in [1.29, 1.82) is 0 Å². The molecular weight excluding hydrogens is 437 g/mol. The number of nitrogens with zero attached hydrogens (tertiary/aromatic N) is 4. The molecular formula is C18H15ClFN5O4S. The molecule has 9 nitrogen and oxygen atoms in total. The molecule has 0 fully saturated rings. The number of ether oxygens (including phenoxy) is 1. The van der Waals surface area contributed by atoms with Crippen LogP contribution in [0, 0.1) is 15.9 Å². The fraction of sp³-hybridized carbons (Fsp3) is 0.167. The topological polar surface area (TPSA) is 112 Å². The predicted octanol–water partition coefficient (Wildman–Crippen LogP) is 3.83. The van der Waals surface area contributed by atoms with Gasteiger partial charge in [0.05, 0.1) is 15.7 Å². The second kappa shape index (κ2) is 9.55. The number of carbonyl (C=O) groups excluding carboxylic acids is 1. The molecule has 3 aromatic rings. The number of hydrogen-bond donors (Lipinski definition) is 1. The monoisotopic (exact) mass is 451 g/mol. The van der Waals surface area contributed by atoms with Crippen molar-refractivity contribution >= 4 is 40.6 Å². The molecule has 1 aromatic heterocycles. The van der Waals surface area contributed by atoms with Gasteiger partial charge in [-0.1, -0.05) is 23.4 Å². The van der Waals surface area contributed by atoms with Crippen LogP contribution in [0.3, 0.4) is 0 Å². The Labute approximate surface area is 179 Å². The van der Waals surface area contributed by atoms with Gasteiger partial charge in [-0.2, -0.15) is 0 Å². The molecule has 30 heavy (non-hydrogen) atoms. The molecule has 0 bridgehead atoms. The van der Waals surface area contributed by atoms with Crippen LogP contribution >= 0.6 is 23.4 Å². The fourth-order valence-corrected chi connectivity index (χ4v) is 3.21. The second-order valence-electron chi connectivity index (χ2n) is 5.96. The highest BCUT2D eigenvalue weighted by atomic mass is 35.5. The van der Waals surface area contributed by atoms with E-state index in [-0.39, 0.29) is 29.0 Å². The number of nitrogens with one attached hydrogen (secondary N) is 1. The van der Waals surface area contributed by atoms with E-state index in [0.29, 0.717) is 22.4 Å². The molecule has 0 atom stereocenters. The Kier molecular flexibility index (Phi) is 6.85. The van der Waals surface area contributed by atoms with Crippen LogP contribution in [-0.4, -0.2) is 31.3 Å². The van der Waals surface area contributed by atoms with Crippen LogP contribution < -0.4 is 10.1 Å². The Hall–Kier alpha value is -3.18. The number of amides is 1. The number of anilines is 1. The van der Waals surface area contributed by atoms with Crippen LogP contribution in [0.2, 0.25) is 5.02 Å². The van der Waals surface area contributed by atoms with E-state index in [4.69, 9.17) is 16.3 Å². The summed E-state index contributed by atoms with van der Waals surface area (Å²) in [5.74, 6) is 0.135. The first kappa shape index (κ1) is 21.5. The van der Waals surface area contributed by atoms with Gasteiger partial charge in [0.25, 0.3) is 5.69 Å². The summed E-state index contributed by atoms with van der Waals surface area (Å²) in [5, 5.41) is 21.8. The van der Waals surface area contributed by atoms with Crippen LogP contribution in [-0.2, 0) is 18.4 Å². The first-order valence-electron chi connectivity index (χ1n) is 8.46. The number of nitro benzene ring substituents is 1. The number of hydrogen-bond acceptors (Lipinski definition) is 7. The molecule has 0 radical (unpaired) electrons. The Bertz CT molecular complexity index is 1080. The molecule has 0 aliphatic rings. The average Bonchev–Trinajstić information content (AvgIpc) is 3.07. The van der Waals surface area contributed by atoms with Gasteiger partial charge in [-0.25, -0.2) is 4.39 Å². The zero-order chi connectivity index (χ0) is 21.7. The highest BCUT2D eigenvalue weighted by Gasteiger charge is 2.13. The summed E-state index contributed by atoms with van der Waals surface area (Å²) >= 11 is 6.89. The summed E-state index contributed by atoms with van der Waals surface area (Å²) < 4.78 is 20.4. The Morgan fingerprint density at radius 3 is 2.70 bits per heavy atom. The third-order valence-corrected chi connectivity index (χ3v) is 5.19. The normalized spacial score (nSPS) is 10.6. The number of carbonyl (C=O) groups is 1. The van der Waals surface area contributed by atoms with E-state index in [2.05, 4.69) is 15.5 Å². The number of rotatable bonds is 8. The van der Waals surface area contributed by atoms with E-state index in [9.17, 15) is 19.3 Å². The summed E-state index contributed by atoms with van der Waals surface area (Å²) in [6.45, 7) is 0.0843. The Morgan fingerprint density at radius 2 is 2.03 bits per heavy atom. The lowest BCUT2D eigenvalue weighted by molar-refractivity contribution is -0.384. The van der Waals surface area contributed by atoms with Crippen LogP contribution in [0.25, 0.3) is 0 Å². The van der Waals surface area contributed by atoms with Gasteiger partial charge < -0.3 is 14.6 Å². The minimum absolute atomic E-state index is 0.0410. The van der Waals surface area contributed by atoms with Crippen molar-refractivity contribution in [3.8, 4) is 5.75 Å². The summed E-state index contributed by atoms with van der Waals surface area (Å²) in [4.78, 5) is 22.2. The lowest BCUT2D eigenvalue weighted by atomic mass is 10.3. The lowest BCUT2D eigenvalue weighted by Crippen LogP contribution is -2.14. The number of halogens is 2. The summed E-state index contributed by atoms with van der Waals surface area (Å²) in [6, 6.07) is 9.57. The van der Waals surface area contributed by atoms with Crippen LogP contribution in [0.5, 0.6) is 5.75 Å². The fourth-order valence-electron chi connectivity index (χ4n) is 2.30. The van der Waals surface area contributed by atoms with Crippen molar-refractivity contribution in [1.82, 2.24) is 14.8 Å². The minimum Gasteiger partial charge on any atom is -0.486 e. The third kappa shape index (κ3) is 5.45. The highest BCUT2D eigenvalue weighted by Crippen LogP contribution is 2.23. The molecule has 2 aromatic carbocycles. The Morgan fingerprint density at radius 1 is 1.30 bits per heavy atom. The number of benzene rings is 2. The standard InChI is InChI=1S/C18H15ClFN5O4S/c1-24-16(9-29-13-6-7-15(20)14(19)8-13)22-23-18(24)30-10-17(26)21-11-2-4-12(5-3-11)25(27)28/h2-8H,9-10H2,1H3,(H,21,26). The number of nitro groups is 1. The zero-order valence-electron chi connectivity index (χ0n) is 15.5. The van der Waals surface area contributed by atoms with Gasteiger partial charge in [-0.3, -0.25) is 14.9 Å². The molecule has 0 saturated heterocycles. The lowest BCUT2D eigenvalue weighted by Gasteiger charge is -2.07. The maximum Gasteiger partial charge on any atom is 0.269 e. The molecule has 1 amide bonds. The van der Waals surface area contributed by atoms with Crippen molar-refractivity contribution in [2.24, 2.45) is 7.05 Å². The van der Waals surface area contributed by atoms with Crippen molar-refractivity contribution < 1.29 is 18.8 Å². The third-order valence-electron chi connectivity index (χ3n) is 3.88. The Balaban J connectivity index is 1.52. The molecule has 3 rings (SSSR count). The molecule has 0 spiro atoms. The number of thioether (sulfide) groups is 1. The first-order valence-corrected chi connectivity index (χ1v) is 9.83. The maximum absolute atomic E-state index is 13.2. The molecule has 1 heterocycles. The molecule has 0 saturated carbocycles. The van der Waals surface area contributed by atoms with Gasteiger partial charge in [-0.05, 0) is 24.3 Å². The molecule has 156 valence electrons. The van der Waals surface area contributed by atoms with Gasteiger partial charge >= 0.3 is 0 Å². The van der Waals surface area contributed by atoms with E-state index in [1.807, 2.05) is 0 Å². The quantitative estimate of drug-likeness (QED) is 0.314. The summed E-state index contributed by atoms with van der Waals surface area (Å²) in [6.07, 6.45) is 0. The van der Waals surface area contributed by atoms with Gasteiger partial charge in [0.2, 0.25) is 5.91 Å². The molecule has 0 aliphatic carbocycles. The largest absolute Gasteiger partial charge is 0.486 e. The summed E-state index contributed by atoms with van der Waals surface area (Å²) in [5.41, 5.74) is 0.398. The first-order chi connectivity index (χ1) is 14.3. The van der Waals surface area contributed by atoms with E-state index >= 15 is 0 Å². The van der Waals surface area contributed by atoms with Crippen LogP contribution in [0.15, 0.2) is 47.6 Å². The van der Waals surface area contributed by atoms with Crippen molar-refractivity contribution in [3.05, 3.63) is 69.2 Å².